The first-order valence-electron chi connectivity index (χ1n) is 7.44. The molecule has 1 aliphatic rings. The first kappa shape index (κ1) is 18.2. The number of sulfonamides is 1. The summed E-state index contributed by atoms with van der Waals surface area (Å²) in [7, 11) is -1.37. The van der Waals surface area contributed by atoms with Crippen molar-refractivity contribution in [2.45, 2.75) is 13.8 Å². The molecule has 1 rings (SSSR count). The van der Waals surface area contributed by atoms with E-state index in [-0.39, 0.29) is 0 Å². The standard InChI is InChI=1S/C13H29N5O2S/c1-12(2)11-17-7-9-18(10-8-17)13(14-3)15-5-6-16-21(4,19)20/h12,16H,5-11H2,1-4H3,(H,14,15). The molecule has 2 N–H and O–H groups in total. The molecule has 0 spiro atoms. The normalized spacial score (nSPS) is 18.3. The van der Waals surface area contributed by atoms with Gasteiger partial charge in [-0.3, -0.25) is 9.89 Å². The summed E-state index contributed by atoms with van der Waals surface area (Å²) in [4.78, 5) is 8.96. The van der Waals surface area contributed by atoms with Crippen molar-refractivity contribution in [2.75, 3.05) is 59.1 Å². The predicted molar refractivity (Wildman–Crippen MR) is 87.1 cm³/mol. The lowest BCUT2D eigenvalue weighted by Gasteiger charge is -2.37. The van der Waals surface area contributed by atoms with Crippen LogP contribution < -0.4 is 10.0 Å². The summed E-state index contributed by atoms with van der Waals surface area (Å²) < 4.78 is 24.4. The van der Waals surface area contributed by atoms with Gasteiger partial charge in [0.1, 0.15) is 0 Å². The van der Waals surface area contributed by atoms with Crippen LogP contribution in [0.15, 0.2) is 4.99 Å². The monoisotopic (exact) mass is 319 g/mol. The molecule has 1 aliphatic heterocycles. The van der Waals surface area contributed by atoms with E-state index in [9.17, 15) is 8.42 Å². The zero-order valence-electron chi connectivity index (χ0n) is 13.6. The van der Waals surface area contributed by atoms with Crippen LogP contribution in [0.3, 0.4) is 0 Å². The number of nitrogens with one attached hydrogen (secondary N) is 2. The lowest BCUT2D eigenvalue weighted by Crippen LogP contribution is -2.53. The molecule has 1 fully saturated rings. The van der Waals surface area contributed by atoms with E-state index >= 15 is 0 Å². The largest absolute Gasteiger partial charge is 0.355 e. The predicted octanol–water partition coefficient (Wildman–Crippen LogP) is -0.615. The van der Waals surface area contributed by atoms with E-state index in [2.05, 4.69) is 38.7 Å². The summed E-state index contributed by atoms with van der Waals surface area (Å²) >= 11 is 0. The van der Waals surface area contributed by atoms with Crippen LogP contribution in [0.2, 0.25) is 0 Å². The van der Waals surface area contributed by atoms with Crippen LogP contribution in [0.1, 0.15) is 13.8 Å². The molecule has 0 aromatic heterocycles. The summed E-state index contributed by atoms with van der Waals surface area (Å²) in [5.74, 6) is 1.53. The Balaban J connectivity index is 2.31. The molecule has 1 saturated heterocycles. The quantitative estimate of drug-likeness (QED) is 0.388. The Bertz CT molecular complexity index is 428. The zero-order chi connectivity index (χ0) is 15.9. The molecule has 0 aromatic carbocycles. The molecule has 0 unspecified atom stereocenters. The fraction of sp³-hybridized carbons (Fsp3) is 0.923. The van der Waals surface area contributed by atoms with Crippen molar-refractivity contribution in [3.05, 3.63) is 0 Å². The van der Waals surface area contributed by atoms with Gasteiger partial charge in [-0.15, -0.1) is 0 Å². The fourth-order valence-electron chi connectivity index (χ4n) is 2.40. The average Bonchev–Trinajstić information content (AvgIpc) is 2.38. The first-order valence-corrected chi connectivity index (χ1v) is 9.33. The second-order valence-electron chi connectivity index (χ2n) is 5.82. The van der Waals surface area contributed by atoms with Crippen molar-refractivity contribution in [3.63, 3.8) is 0 Å². The molecule has 0 atom stereocenters. The Morgan fingerprint density at radius 2 is 1.81 bits per heavy atom. The molecule has 124 valence electrons. The van der Waals surface area contributed by atoms with Crippen LogP contribution in [0.5, 0.6) is 0 Å². The Morgan fingerprint density at radius 1 is 1.19 bits per heavy atom. The first-order chi connectivity index (χ1) is 9.81. The highest BCUT2D eigenvalue weighted by Gasteiger charge is 2.19. The lowest BCUT2D eigenvalue weighted by atomic mass is 10.2. The van der Waals surface area contributed by atoms with Crippen LogP contribution in [0.25, 0.3) is 0 Å². The average molecular weight is 319 g/mol. The van der Waals surface area contributed by atoms with Gasteiger partial charge in [0.05, 0.1) is 6.26 Å². The van der Waals surface area contributed by atoms with E-state index in [0.717, 1.165) is 44.9 Å². The minimum Gasteiger partial charge on any atom is -0.355 e. The molecule has 0 aliphatic carbocycles. The van der Waals surface area contributed by atoms with E-state index < -0.39 is 10.0 Å². The number of piperazine rings is 1. The van der Waals surface area contributed by atoms with Crippen molar-refractivity contribution in [2.24, 2.45) is 10.9 Å². The van der Waals surface area contributed by atoms with Crippen LogP contribution >= 0.6 is 0 Å². The number of guanidine groups is 1. The van der Waals surface area contributed by atoms with Crippen molar-refractivity contribution >= 4 is 16.0 Å². The molecule has 0 saturated carbocycles. The van der Waals surface area contributed by atoms with Crippen LogP contribution in [0, 0.1) is 5.92 Å². The molecule has 0 radical (unpaired) electrons. The molecular weight excluding hydrogens is 290 g/mol. The highest BCUT2D eigenvalue weighted by atomic mass is 32.2. The van der Waals surface area contributed by atoms with Gasteiger partial charge in [0, 0.05) is 52.9 Å². The van der Waals surface area contributed by atoms with Gasteiger partial charge in [0.2, 0.25) is 10.0 Å². The maximum atomic E-state index is 11.0. The second-order valence-corrected chi connectivity index (χ2v) is 7.66. The Labute approximate surface area is 128 Å². The summed E-state index contributed by atoms with van der Waals surface area (Å²) in [6.07, 6.45) is 1.16. The van der Waals surface area contributed by atoms with Crippen LogP contribution in [-0.4, -0.2) is 83.3 Å². The Hall–Kier alpha value is -0.860. The second kappa shape index (κ2) is 8.55. The Kier molecular flexibility index (Phi) is 7.41. The van der Waals surface area contributed by atoms with Crippen molar-refractivity contribution < 1.29 is 8.42 Å². The molecular formula is C13H29N5O2S. The van der Waals surface area contributed by atoms with E-state index in [4.69, 9.17) is 0 Å². The minimum atomic E-state index is -3.12. The third kappa shape index (κ3) is 7.63. The lowest BCUT2D eigenvalue weighted by molar-refractivity contribution is 0.164. The van der Waals surface area contributed by atoms with Gasteiger partial charge in [-0.2, -0.15) is 0 Å². The molecule has 0 bridgehead atoms. The van der Waals surface area contributed by atoms with Crippen LogP contribution in [-0.2, 0) is 10.0 Å². The zero-order valence-corrected chi connectivity index (χ0v) is 14.4. The number of rotatable bonds is 6. The Morgan fingerprint density at radius 3 is 2.29 bits per heavy atom. The van der Waals surface area contributed by atoms with Crippen molar-refractivity contribution in [3.8, 4) is 0 Å². The van der Waals surface area contributed by atoms with Gasteiger partial charge in [-0.1, -0.05) is 13.8 Å². The molecule has 1 heterocycles. The summed E-state index contributed by atoms with van der Waals surface area (Å²) in [6.45, 7) is 10.5. The molecule has 21 heavy (non-hydrogen) atoms. The van der Waals surface area contributed by atoms with Gasteiger partial charge in [0.15, 0.2) is 5.96 Å². The smallest absolute Gasteiger partial charge is 0.208 e. The van der Waals surface area contributed by atoms with Gasteiger partial charge in [-0.05, 0) is 5.92 Å². The molecule has 8 heteroatoms. The summed E-state index contributed by atoms with van der Waals surface area (Å²) in [6, 6.07) is 0. The molecule has 7 nitrogen and oxygen atoms in total. The van der Waals surface area contributed by atoms with E-state index in [1.54, 1.807) is 7.05 Å². The highest BCUT2D eigenvalue weighted by molar-refractivity contribution is 7.88. The number of nitrogens with zero attached hydrogens (tertiary/aromatic N) is 3. The van der Waals surface area contributed by atoms with Gasteiger partial charge < -0.3 is 10.2 Å². The van der Waals surface area contributed by atoms with E-state index in [1.165, 1.54) is 0 Å². The number of aliphatic imine (C=N–C) groups is 1. The summed E-state index contributed by atoms with van der Waals surface area (Å²) in [5, 5.41) is 3.20. The fourth-order valence-corrected chi connectivity index (χ4v) is 2.87. The maximum Gasteiger partial charge on any atom is 0.208 e. The molecule has 0 aromatic rings. The SMILES string of the molecule is CN=C(NCCNS(C)(=O)=O)N1CCN(CC(C)C)CC1. The molecule has 0 amide bonds. The number of hydrogen-bond acceptors (Lipinski definition) is 4. The van der Waals surface area contributed by atoms with Crippen molar-refractivity contribution in [1.29, 1.82) is 0 Å². The van der Waals surface area contributed by atoms with Crippen molar-refractivity contribution in [1.82, 2.24) is 19.8 Å². The van der Waals surface area contributed by atoms with Gasteiger partial charge in [-0.25, -0.2) is 13.1 Å². The number of hydrogen-bond donors (Lipinski definition) is 2. The third-order valence-corrected chi connectivity index (χ3v) is 4.01. The van der Waals surface area contributed by atoms with Gasteiger partial charge in [0.25, 0.3) is 0 Å². The van der Waals surface area contributed by atoms with E-state index in [0.29, 0.717) is 19.0 Å². The summed E-state index contributed by atoms with van der Waals surface area (Å²) in [5.41, 5.74) is 0. The van der Waals surface area contributed by atoms with Gasteiger partial charge >= 0.3 is 0 Å². The third-order valence-electron chi connectivity index (χ3n) is 3.28. The topological polar surface area (TPSA) is 77.0 Å². The van der Waals surface area contributed by atoms with Crippen LogP contribution in [0.4, 0.5) is 0 Å². The maximum absolute atomic E-state index is 11.0. The van der Waals surface area contributed by atoms with E-state index in [1.807, 2.05) is 0 Å². The minimum absolute atomic E-state index is 0.366. The highest BCUT2D eigenvalue weighted by Crippen LogP contribution is 2.05.